The number of benzene rings is 2. The van der Waals surface area contributed by atoms with Gasteiger partial charge in [0.2, 0.25) is 0 Å². The number of fused-ring (bicyclic) bond motifs is 3. The Hall–Kier alpha value is -4.17. The van der Waals surface area contributed by atoms with E-state index in [0.29, 0.717) is 26.6 Å². The monoisotopic (exact) mass is 459 g/mol. The van der Waals surface area contributed by atoms with E-state index >= 15 is 0 Å². The molecule has 0 radical (unpaired) electrons. The first-order chi connectivity index (χ1) is 16.0. The first-order valence-electron chi connectivity index (χ1n) is 10.1. The summed E-state index contributed by atoms with van der Waals surface area (Å²) in [4.78, 5) is 37.4. The zero-order chi connectivity index (χ0) is 22.9. The van der Waals surface area contributed by atoms with Gasteiger partial charge >= 0.3 is 11.6 Å². The molecule has 0 aliphatic heterocycles. The van der Waals surface area contributed by atoms with Crippen LogP contribution in [0.15, 0.2) is 80.6 Å². The quantitative estimate of drug-likeness (QED) is 0.211. The first kappa shape index (κ1) is 20.7. The van der Waals surface area contributed by atoms with E-state index in [9.17, 15) is 14.4 Å². The molecule has 1 amide bonds. The molecule has 0 aliphatic rings. The number of amides is 1. The lowest BCUT2D eigenvalue weighted by molar-refractivity contribution is 0.0479. The molecule has 7 nitrogen and oxygen atoms in total. The Balaban J connectivity index is 1.39. The van der Waals surface area contributed by atoms with Crippen LogP contribution in [0.25, 0.3) is 21.7 Å². The number of hydrogen-bond acceptors (Lipinski definition) is 7. The topological polar surface area (TPSA) is 98.8 Å². The van der Waals surface area contributed by atoms with Crippen LogP contribution in [0.4, 0.5) is 5.00 Å². The van der Waals surface area contributed by atoms with Crippen LogP contribution in [-0.4, -0.2) is 11.9 Å². The number of thiophene rings is 1. The van der Waals surface area contributed by atoms with Crippen LogP contribution in [0.2, 0.25) is 0 Å². The average Bonchev–Trinajstić information content (AvgIpc) is 3.47. The summed E-state index contributed by atoms with van der Waals surface area (Å²) < 4.78 is 16.0. The van der Waals surface area contributed by atoms with Crippen molar-refractivity contribution in [3.8, 4) is 0 Å². The van der Waals surface area contributed by atoms with Gasteiger partial charge in [0.15, 0.2) is 5.76 Å². The number of ether oxygens (including phenoxy) is 1. The number of esters is 1. The van der Waals surface area contributed by atoms with Gasteiger partial charge in [0.05, 0.1) is 11.3 Å². The van der Waals surface area contributed by atoms with Gasteiger partial charge in [-0.25, -0.2) is 9.59 Å². The fraction of sp³-hybridized carbons (Fsp3) is 0.0800. The molecule has 0 saturated carbocycles. The van der Waals surface area contributed by atoms with Gasteiger partial charge in [-0.3, -0.25) is 4.79 Å². The van der Waals surface area contributed by atoms with E-state index in [1.54, 1.807) is 31.2 Å². The van der Waals surface area contributed by atoms with E-state index in [0.717, 1.165) is 27.5 Å². The maximum Gasteiger partial charge on any atom is 0.348 e. The highest BCUT2D eigenvalue weighted by Crippen LogP contribution is 2.30. The lowest BCUT2D eigenvalue weighted by Crippen LogP contribution is -2.09. The van der Waals surface area contributed by atoms with E-state index in [4.69, 9.17) is 13.6 Å². The SMILES string of the molecule is Cc1cc(NC(=O)c2ccco2)sc1C(=O)OCc1cc(=O)oc2ccc3ccccc3c12. The summed E-state index contributed by atoms with van der Waals surface area (Å²) >= 11 is 1.11. The second kappa shape index (κ2) is 8.40. The molecule has 8 heteroatoms. The van der Waals surface area contributed by atoms with E-state index < -0.39 is 17.5 Å². The van der Waals surface area contributed by atoms with Gasteiger partial charge in [-0.05, 0) is 47.5 Å². The Morgan fingerprint density at radius 2 is 1.91 bits per heavy atom. The zero-order valence-corrected chi connectivity index (χ0v) is 18.2. The standard InChI is InChI=1S/C25H17NO6S/c1-14-11-20(26-24(28)19-7-4-10-30-19)33-23(14)25(29)31-13-16-12-21(27)32-18-9-8-15-5-2-3-6-17(15)22(16)18/h2-12H,13H2,1H3,(H,26,28). The van der Waals surface area contributed by atoms with Gasteiger partial charge in [-0.1, -0.05) is 30.3 Å². The van der Waals surface area contributed by atoms with Crippen LogP contribution in [0, 0.1) is 6.92 Å². The maximum absolute atomic E-state index is 12.8. The van der Waals surface area contributed by atoms with Crippen LogP contribution in [0.5, 0.6) is 0 Å². The molecule has 1 N–H and O–H groups in total. The Morgan fingerprint density at radius 1 is 1.06 bits per heavy atom. The van der Waals surface area contributed by atoms with Crippen LogP contribution >= 0.6 is 11.3 Å². The molecule has 33 heavy (non-hydrogen) atoms. The summed E-state index contributed by atoms with van der Waals surface area (Å²) in [5, 5.41) is 5.83. The number of furan rings is 1. The molecular formula is C25H17NO6S. The Labute approximate surface area is 191 Å². The first-order valence-corrected chi connectivity index (χ1v) is 10.9. The zero-order valence-electron chi connectivity index (χ0n) is 17.4. The third kappa shape index (κ3) is 4.04. The smallest absolute Gasteiger partial charge is 0.348 e. The fourth-order valence-corrected chi connectivity index (χ4v) is 4.63. The van der Waals surface area contributed by atoms with Crippen molar-refractivity contribution >= 4 is 50.0 Å². The molecule has 5 aromatic rings. The summed E-state index contributed by atoms with van der Waals surface area (Å²) in [5.74, 6) is -0.777. The average molecular weight is 459 g/mol. The molecule has 0 atom stereocenters. The molecule has 0 unspecified atom stereocenters. The number of rotatable bonds is 5. The van der Waals surface area contributed by atoms with Crippen molar-refractivity contribution in [2.75, 3.05) is 5.32 Å². The number of aryl methyl sites for hydroxylation is 1. The number of carbonyl (C=O) groups excluding carboxylic acids is 2. The number of hydrogen-bond donors (Lipinski definition) is 1. The maximum atomic E-state index is 12.8. The van der Waals surface area contributed by atoms with Gasteiger partial charge in [0, 0.05) is 17.0 Å². The lowest BCUT2D eigenvalue weighted by Gasteiger charge is -2.09. The van der Waals surface area contributed by atoms with Crippen molar-refractivity contribution in [3.05, 3.63) is 99.1 Å². The van der Waals surface area contributed by atoms with Crippen molar-refractivity contribution in [2.45, 2.75) is 13.5 Å². The summed E-state index contributed by atoms with van der Waals surface area (Å²) in [6, 6.07) is 17.5. The lowest BCUT2D eigenvalue weighted by atomic mass is 10.0. The number of carbonyl (C=O) groups is 2. The van der Waals surface area contributed by atoms with E-state index in [2.05, 4.69) is 5.32 Å². The molecular weight excluding hydrogens is 442 g/mol. The van der Waals surface area contributed by atoms with Crippen molar-refractivity contribution in [1.82, 2.24) is 0 Å². The fourth-order valence-electron chi connectivity index (χ4n) is 3.67. The normalized spacial score (nSPS) is 11.1. The molecule has 0 saturated heterocycles. The van der Waals surface area contributed by atoms with Crippen LogP contribution in [0.3, 0.4) is 0 Å². The van der Waals surface area contributed by atoms with Crippen LogP contribution < -0.4 is 10.9 Å². The molecule has 0 spiro atoms. The minimum Gasteiger partial charge on any atom is -0.459 e. The van der Waals surface area contributed by atoms with Crippen LogP contribution in [-0.2, 0) is 11.3 Å². The molecule has 5 rings (SSSR count). The van der Waals surface area contributed by atoms with Crippen molar-refractivity contribution < 1.29 is 23.2 Å². The highest BCUT2D eigenvalue weighted by atomic mass is 32.1. The molecule has 2 aromatic carbocycles. The van der Waals surface area contributed by atoms with Gasteiger partial charge in [-0.15, -0.1) is 11.3 Å². The molecule has 0 aliphatic carbocycles. The van der Waals surface area contributed by atoms with Crippen molar-refractivity contribution in [3.63, 3.8) is 0 Å². The highest BCUT2D eigenvalue weighted by molar-refractivity contribution is 7.18. The molecule has 3 aromatic heterocycles. The Morgan fingerprint density at radius 3 is 2.73 bits per heavy atom. The Kier molecular flexibility index (Phi) is 5.27. The summed E-state index contributed by atoms with van der Waals surface area (Å²) in [7, 11) is 0. The van der Waals surface area contributed by atoms with Gasteiger partial charge < -0.3 is 18.9 Å². The summed E-state index contributed by atoms with van der Waals surface area (Å²) in [6.07, 6.45) is 1.41. The number of nitrogens with one attached hydrogen (secondary N) is 1. The Bertz CT molecular complexity index is 1560. The number of anilines is 1. The largest absolute Gasteiger partial charge is 0.459 e. The van der Waals surface area contributed by atoms with Crippen molar-refractivity contribution in [1.29, 1.82) is 0 Å². The molecule has 0 fully saturated rings. The summed E-state index contributed by atoms with van der Waals surface area (Å²) in [5.41, 5.74) is 1.15. The third-order valence-corrected chi connectivity index (χ3v) is 6.29. The molecule has 0 bridgehead atoms. The molecule has 164 valence electrons. The van der Waals surface area contributed by atoms with Gasteiger partial charge in [0.25, 0.3) is 5.91 Å². The second-order valence-electron chi connectivity index (χ2n) is 7.38. The second-order valence-corrected chi connectivity index (χ2v) is 8.43. The minimum atomic E-state index is -0.544. The van der Waals surface area contributed by atoms with Crippen molar-refractivity contribution in [2.24, 2.45) is 0 Å². The summed E-state index contributed by atoms with van der Waals surface area (Å²) in [6.45, 7) is 1.66. The van der Waals surface area contributed by atoms with E-state index in [-0.39, 0.29) is 12.4 Å². The van der Waals surface area contributed by atoms with Crippen LogP contribution in [0.1, 0.15) is 31.4 Å². The highest BCUT2D eigenvalue weighted by Gasteiger charge is 2.19. The third-order valence-electron chi connectivity index (χ3n) is 5.16. The molecule has 3 heterocycles. The van der Waals surface area contributed by atoms with Gasteiger partial charge in [0.1, 0.15) is 17.1 Å². The predicted octanol–water partition coefficient (Wildman–Crippen LogP) is 5.52. The van der Waals surface area contributed by atoms with E-state index in [1.807, 2.05) is 30.3 Å². The van der Waals surface area contributed by atoms with Gasteiger partial charge in [-0.2, -0.15) is 0 Å². The predicted molar refractivity (Wildman–Crippen MR) is 125 cm³/mol. The minimum absolute atomic E-state index is 0.0969. The van der Waals surface area contributed by atoms with E-state index in [1.165, 1.54) is 12.3 Å².